The maximum Gasteiger partial charge on any atom is 0.0565 e. The van der Waals surface area contributed by atoms with Gasteiger partial charge in [0.05, 0.1) is 12.2 Å². The lowest BCUT2D eigenvalue weighted by molar-refractivity contribution is -0.0578. The molecule has 0 aromatic carbocycles. The minimum Gasteiger partial charge on any atom is -0.375 e. The highest BCUT2D eigenvalue weighted by molar-refractivity contribution is 4.77. The lowest BCUT2D eigenvalue weighted by Gasteiger charge is -2.35. The Bertz CT molecular complexity index is 115. The van der Waals surface area contributed by atoms with Crippen LogP contribution in [0.5, 0.6) is 0 Å². The van der Waals surface area contributed by atoms with Gasteiger partial charge in [-0.15, -0.1) is 0 Å². The summed E-state index contributed by atoms with van der Waals surface area (Å²) in [7, 11) is 4.30. The summed E-state index contributed by atoms with van der Waals surface area (Å²) in [6.07, 6.45) is 3.23. The van der Waals surface area contributed by atoms with Crippen molar-refractivity contribution in [3.05, 3.63) is 0 Å². The molecular weight excluding hydrogens is 138 g/mol. The predicted octanol–water partition coefficient (Wildman–Crippen LogP) is 1.50. The van der Waals surface area contributed by atoms with Crippen molar-refractivity contribution < 1.29 is 4.74 Å². The lowest BCUT2D eigenvalue weighted by Crippen LogP contribution is -2.40. The summed E-state index contributed by atoms with van der Waals surface area (Å²) >= 11 is 0. The molecule has 1 aliphatic rings. The molecule has 0 amide bonds. The van der Waals surface area contributed by atoms with Gasteiger partial charge in [0.1, 0.15) is 0 Å². The third-order valence-corrected chi connectivity index (χ3v) is 2.40. The van der Waals surface area contributed by atoms with Gasteiger partial charge < -0.3 is 9.64 Å². The van der Waals surface area contributed by atoms with Gasteiger partial charge in [-0.05, 0) is 40.8 Å². The van der Waals surface area contributed by atoms with E-state index in [0.717, 1.165) is 0 Å². The highest BCUT2D eigenvalue weighted by atomic mass is 16.5. The molecule has 0 radical (unpaired) electrons. The number of rotatable bonds is 1. The van der Waals surface area contributed by atoms with Crippen LogP contribution >= 0.6 is 0 Å². The summed E-state index contributed by atoms with van der Waals surface area (Å²) in [6.45, 7) is 4.32. The van der Waals surface area contributed by atoms with Gasteiger partial charge in [-0.25, -0.2) is 0 Å². The monoisotopic (exact) mass is 157 g/mol. The number of nitrogens with zero attached hydrogens (tertiary/aromatic N) is 1. The van der Waals surface area contributed by atoms with Gasteiger partial charge in [0, 0.05) is 6.04 Å². The van der Waals surface area contributed by atoms with Gasteiger partial charge in [0.2, 0.25) is 0 Å². The van der Waals surface area contributed by atoms with Crippen LogP contribution in [0.4, 0.5) is 0 Å². The highest BCUT2D eigenvalue weighted by Crippen LogP contribution is 2.21. The molecule has 1 heterocycles. The molecule has 0 N–H and O–H groups in total. The summed E-state index contributed by atoms with van der Waals surface area (Å²) in [4.78, 5) is 2.30. The zero-order chi connectivity index (χ0) is 8.43. The average Bonchev–Trinajstić information content (AvgIpc) is 1.85. The maximum absolute atomic E-state index is 5.64. The summed E-state index contributed by atoms with van der Waals surface area (Å²) < 4.78 is 5.64. The Morgan fingerprint density at radius 2 is 1.55 bits per heavy atom. The Balaban J connectivity index is 2.43. The van der Waals surface area contributed by atoms with E-state index in [2.05, 4.69) is 32.8 Å². The van der Waals surface area contributed by atoms with Gasteiger partial charge in [-0.2, -0.15) is 0 Å². The van der Waals surface area contributed by atoms with E-state index >= 15 is 0 Å². The van der Waals surface area contributed by atoms with Crippen molar-refractivity contribution in [1.29, 1.82) is 0 Å². The van der Waals surface area contributed by atoms with Gasteiger partial charge in [0.15, 0.2) is 0 Å². The van der Waals surface area contributed by atoms with Crippen molar-refractivity contribution in [3.8, 4) is 0 Å². The molecule has 0 aromatic rings. The second-order valence-corrected chi connectivity index (χ2v) is 3.85. The third kappa shape index (κ3) is 2.46. The molecule has 0 unspecified atom stereocenters. The molecule has 0 aliphatic carbocycles. The molecule has 1 aliphatic heterocycles. The third-order valence-electron chi connectivity index (χ3n) is 2.40. The number of ether oxygens (including phenoxy) is 1. The number of hydrogen-bond acceptors (Lipinski definition) is 2. The fourth-order valence-electron chi connectivity index (χ4n) is 1.79. The first kappa shape index (κ1) is 9.01. The number of hydrogen-bond donors (Lipinski definition) is 0. The normalized spacial score (nSPS) is 39.5. The van der Waals surface area contributed by atoms with Crippen LogP contribution in [-0.4, -0.2) is 37.2 Å². The van der Waals surface area contributed by atoms with Gasteiger partial charge in [-0.1, -0.05) is 0 Å². The molecule has 11 heavy (non-hydrogen) atoms. The van der Waals surface area contributed by atoms with Gasteiger partial charge in [0.25, 0.3) is 0 Å². The van der Waals surface area contributed by atoms with Crippen molar-refractivity contribution in [2.75, 3.05) is 14.1 Å². The van der Waals surface area contributed by atoms with E-state index in [0.29, 0.717) is 18.2 Å². The van der Waals surface area contributed by atoms with Crippen molar-refractivity contribution in [3.63, 3.8) is 0 Å². The van der Waals surface area contributed by atoms with Crippen molar-refractivity contribution in [2.45, 2.75) is 44.9 Å². The average molecular weight is 157 g/mol. The van der Waals surface area contributed by atoms with Crippen molar-refractivity contribution in [1.82, 2.24) is 4.90 Å². The van der Waals surface area contributed by atoms with Crippen LogP contribution in [0.3, 0.4) is 0 Å². The fourth-order valence-corrected chi connectivity index (χ4v) is 1.79. The Hall–Kier alpha value is -0.0800. The molecule has 2 atom stereocenters. The van der Waals surface area contributed by atoms with E-state index in [1.54, 1.807) is 0 Å². The Morgan fingerprint density at radius 3 is 1.91 bits per heavy atom. The molecule has 0 saturated carbocycles. The highest BCUT2D eigenvalue weighted by Gasteiger charge is 2.25. The molecule has 2 nitrogen and oxygen atoms in total. The molecule has 2 heteroatoms. The van der Waals surface area contributed by atoms with Crippen LogP contribution in [0.2, 0.25) is 0 Å². The summed E-state index contributed by atoms with van der Waals surface area (Å²) in [5.41, 5.74) is 0. The molecule has 1 fully saturated rings. The first-order chi connectivity index (χ1) is 5.09. The van der Waals surface area contributed by atoms with Crippen LogP contribution < -0.4 is 0 Å². The minimum atomic E-state index is 0.436. The van der Waals surface area contributed by atoms with Crippen LogP contribution in [0.1, 0.15) is 26.7 Å². The molecule has 0 spiro atoms. The zero-order valence-corrected chi connectivity index (χ0v) is 8.00. The Morgan fingerprint density at radius 1 is 1.09 bits per heavy atom. The molecule has 0 aromatic heterocycles. The summed E-state index contributed by atoms with van der Waals surface area (Å²) in [5.74, 6) is 0. The van der Waals surface area contributed by atoms with Gasteiger partial charge in [-0.3, -0.25) is 0 Å². The van der Waals surface area contributed by atoms with Crippen LogP contribution in [-0.2, 0) is 4.74 Å². The predicted molar refractivity (Wildman–Crippen MR) is 46.7 cm³/mol. The van der Waals surface area contributed by atoms with Crippen LogP contribution in [0.25, 0.3) is 0 Å². The first-order valence-corrected chi connectivity index (χ1v) is 4.41. The van der Waals surface area contributed by atoms with Gasteiger partial charge >= 0.3 is 0 Å². The van der Waals surface area contributed by atoms with Crippen molar-refractivity contribution in [2.24, 2.45) is 0 Å². The topological polar surface area (TPSA) is 12.5 Å². The second kappa shape index (κ2) is 3.55. The standard InChI is InChI=1S/C9H19NO/c1-7-5-9(10(3)4)6-8(2)11-7/h7-9H,5-6H2,1-4H3/t7-,8-/m0/s1. The van der Waals surface area contributed by atoms with E-state index in [4.69, 9.17) is 4.74 Å². The minimum absolute atomic E-state index is 0.436. The van der Waals surface area contributed by atoms with Crippen LogP contribution in [0, 0.1) is 0 Å². The molecule has 0 bridgehead atoms. The second-order valence-electron chi connectivity index (χ2n) is 3.85. The Kier molecular flexibility index (Phi) is 2.90. The lowest BCUT2D eigenvalue weighted by atomic mass is 9.99. The molecule has 1 rings (SSSR count). The summed E-state index contributed by atoms with van der Waals surface area (Å²) in [5, 5.41) is 0. The Labute approximate surface area is 69.5 Å². The SMILES string of the molecule is C[C@H]1CC(N(C)C)C[C@H](C)O1. The summed E-state index contributed by atoms with van der Waals surface area (Å²) in [6, 6.07) is 0.716. The first-order valence-electron chi connectivity index (χ1n) is 4.41. The molecule has 66 valence electrons. The van der Waals surface area contributed by atoms with E-state index in [9.17, 15) is 0 Å². The van der Waals surface area contributed by atoms with E-state index < -0.39 is 0 Å². The largest absolute Gasteiger partial charge is 0.375 e. The fraction of sp³-hybridized carbons (Fsp3) is 1.00. The zero-order valence-electron chi connectivity index (χ0n) is 8.00. The smallest absolute Gasteiger partial charge is 0.0565 e. The van der Waals surface area contributed by atoms with E-state index in [-0.39, 0.29) is 0 Å². The van der Waals surface area contributed by atoms with E-state index in [1.165, 1.54) is 12.8 Å². The maximum atomic E-state index is 5.64. The molecular formula is C9H19NO. The van der Waals surface area contributed by atoms with E-state index in [1.807, 2.05) is 0 Å². The van der Waals surface area contributed by atoms with Crippen LogP contribution in [0.15, 0.2) is 0 Å². The molecule has 1 saturated heterocycles. The quantitative estimate of drug-likeness (QED) is 0.572. The van der Waals surface area contributed by atoms with Crippen molar-refractivity contribution >= 4 is 0 Å².